The van der Waals surface area contributed by atoms with Gasteiger partial charge in [-0.3, -0.25) is 14.1 Å². The lowest BCUT2D eigenvalue weighted by molar-refractivity contribution is 0.102. The number of ether oxygens (including phenoxy) is 1. The molecule has 0 radical (unpaired) electrons. The number of aromatic nitrogens is 3. The predicted molar refractivity (Wildman–Crippen MR) is 124 cm³/mol. The maximum atomic E-state index is 12.7. The zero-order valence-electron chi connectivity index (χ0n) is 17.7. The van der Waals surface area contributed by atoms with E-state index in [1.54, 1.807) is 59.7 Å². The van der Waals surface area contributed by atoms with E-state index in [2.05, 4.69) is 20.0 Å². The number of amides is 1. The first kappa shape index (κ1) is 22.0. The molecule has 0 saturated carbocycles. The van der Waals surface area contributed by atoms with Crippen LogP contribution >= 0.6 is 0 Å². The van der Waals surface area contributed by atoms with Crippen LogP contribution in [0.5, 0.6) is 5.75 Å². The number of anilines is 2. The maximum absolute atomic E-state index is 12.7. The number of hydrogen-bond acceptors (Lipinski definition) is 6. The lowest BCUT2D eigenvalue weighted by Gasteiger charge is -2.10. The molecule has 0 saturated heterocycles. The number of carbonyl (C=O) groups excluding carboxylic acids is 1. The molecule has 2 N–H and O–H groups in total. The van der Waals surface area contributed by atoms with Crippen LogP contribution in [0.4, 0.5) is 11.4 Å². The SMILES string of the molecule is CCOc1ccc(NS(=O)(=O)c2ccc(C(=O)Nc3ccc(-n4ccnc4)nc3)cc2)cc1. The molecule has 0 aliphatic carbocycles. The molecule has 1 amide bonds. The van der Waals surface area contributed by atoms with E-state index in [4.69, 9.17) is 4.74 Å². The number of carbonyl (C=O) groups is 1. The fraction of sp³-hybridized carbons (Fsp3) is 0.0870. The monoisotopic (exact) mass is 463 g/mol. The summed E-state index contributed by atoms with van der Waals surface area (Å²) in [6.07, 6.45) is 6.57. The van der Waals surface area contributed by atoms with Gasteiger partial charge in [0.05, 0.1) is 23.4 Å². The Kier molecular flexibility index (Phi) is 6.36. The van der Waals surface area contributed by atoms with Crippen LogP contribution < -0.4 is 14.8 Å². The van der Waals surface area contributed by atoms with Gasteiger partial charge in [0.15, 0.2) is 0 Å². The highest BCUT2D eigenvalue weighted by molar-refractivity contribution is 7.92. The molecule has 0 aliphatic rings. The molecule has 0 bridgehead atoms. The summed E-state index contributed by atoms with van der Waals surface area (Å²) in [7, 11) is -3.81. The molecular formula is C23H21N5O4S. The number of nitrogens with one attached hydrogen (secondary N) is 2. The van der Waals surface area contributed by atoms with Crippen LogP contribution in [-0.2, 0) is 10.0 Å². The standard InChI is InChI=1S/C23H21N5O4S/c1-2-32-20-8-5-18(6-9-20)27-33(30,31)21-10-3-17(4-11-21)23(29)26-19-7-12-22(25-15-19)28-14-13-24-16-28/h3-16,27H,2H2,1H3,(H,26,29). The van der Waals surface area contributed by atoms with Gasteiger partial charge in [-0.15, -0.1) is 0 Å². The van der Waals surface area contributed by atoms with Gasteiger partial charge in [-0.2, -0.15) is 0 Å². The van der Waals surface area contributed by atoms with Crippen molar-refractivity contribution in [3.63, 3.8) is 0 Å². The van der Waals surface area contributed by atoms with E-state index >= 15 is 0 Å². The summed E-state index contributed by atoms with van der Waals surface area (Å²) in [4.78, 5) is 20.8. The van der Waals surface area contributed by atoms with E-state index in [9.17, 15) is 13.2 Å². The van der Waals surface area contributed by atoms with E-state index in [-0.39, 0.29) is 10.8 Å². The Morgan fingerprint density at radius 2 is 1.73 bits per heavy atom. The second-order valence-corrected chi connectivity index (χ2v) is 8.60. The van der Waals surface area contributed by atoms with Gasteiger partial charge in [-0.25, -0.2) is 18.4 Å². The predicted octanol–water partition coefficient (Wildman–Crippen LogP) is 3.72. The second kappa shape index (κ2) is 9.53. The fourth-order valence-corrected chi connectivity index (χ4v) is 4.05. The average molecular weight is 464 g/mol. The van der Waals surface area contributed by atoms with Gasteiger partial charge in [-0.1, -0.05) is 0 Å². The van der Waals surface area contributed by atoms with Crippen molar-refractivity contribution in [2.45, 2.75) is 11.8 Å². The van der Waals surface area contributed by atoms with Gasteiger partial charge >= 0.3 is 0 Å². The van der Waals surface area contributed by atoms with E-state index < -0.39 is 10.0 Å². The van der Waals surface area contributed by atoms with Crippen molar-refractivity contribution < 1.29 is 17.9 Å². The van der Waals surface area contributed by atoms with E-state index in [0.29, 0.717) is 35.1 Å². The van der Waals surface area contributed by atoms with Crippen molar-refractivity contribution in [3.05, 3.63) is 91.1 Å². The first-order valence-electron chi connectivity index (χ1n) is 10.1. The molecule has 10 heteroatoms. The summed E-state index contributed by atoms with van der Waals surface area (Å²) < 4.78 is 34.9. The number of benzene rings is 2. The minimum Gasteiger partial charge on any atom is -0.494 e. The maximum Gasteiger partial charge on any atom is 0.261 e. The molecule has 4 aromatic rings. The lowest BCUT2D eigenvalue weighted by atomic mass is 10.2. The van der Waals surface area contributed by atoms with Crippen molar-refractivity contribution >= 4 is 27.3 Å². The van der Waals surface area contributed by atoms with Gasteiger partial charge < -0.3 is 10.1 Å². The molecule has 4 rings (SSSR count). The number of hydrogen-bond donors (Lipinski definition) is 2. The Labute approximate surface area is 191 Å². The molecule has 33 heavy (non-hydrogen) atoms. The highest BCUT2D eigenvalue weighted by Crippen LogP contribution is 2.20. The van der Waals surface area contributed by atoms with Crippen LogP contribution in [0, 0.1) is 0 Å². The van der Waals surface area contributed by atoms with Gasteiger partial charge in [0.25, 0.3) is 15.9 Å². The number of sulfonamides is 1. The van der Waals surface area contributed by atoms with E-state index in [1.807, 2.05) is 6.92 Å². The Balaban J connectivity index is 1.41. The summed E-state index contributed by atoms with van der Waals surface area (Å²) in [5, 5.41) is 2.74. The number of rotatable bonds is 8. The second-order valence-electron chi connectivity index (χ2n) is 6.92. The van der Waals surface area contributed by atoms with Gasteiger partial charge in [0, 0.05) is 23.6 Å². The Bertz CT molecular complexity index is 1320. The third-order valence-corrected chi connectivity index (χ3v) is 6.02. The molecule has 2 aromatic heterocycles. The number of nitrogens with zero attached hydrogens (tertiary/aromatic N) is 3. The van der Waals surface area contributed by atoms with Crippen LogP contribution in [0.2, 0.25) is 0 Å². The molecule has 0 fully saturated rings. The Hall–Kier alpha value is -4.18. The topological polar surface area (TPSA) is 115 Å². The third-order valence-electron chi connectivity index (χ3n) is 4.62. The molecule has 2 aromatic carbocycles. The minimum absolute atomic E-state index is 0.0410. The first-order valence-corrected chi connectivity index (χ1v) is 11.5. The zero-order chi connectivity index (χ0) is 23.3. The first-order chi connectivity index (χ1) is 15.9. The Morgan fingerprint density at radius 1 is 1.00 bits per heavy atom. The molecule has 9 nitrogen and oxygen atoms in total. The largest absolute Gasteiger partial charge is 0.494 e. The zero-order valence-corrected chi connectivity index (χ0v) is 18.5. The lowest BCUT2D eigenvalue weighted by Crippen LogP contribution is -2.15. The Morgan fingerprint density at radius 3 is 2.33 bits per heavy atom. The highest BCUT2D eigenvalue weighted by atomic mass is 32.2. The molecule has 0 aliphatic heterocycles. The molecule has 0 unspecified atom stereocenters. The van der Waals surface area contributed by atoms with Crippen molar-refractivity contribution in [1.82, 2.24) is 14.5 Å². The average Bonchev–Trinajstić information content (AvgIpc) is 3.36. The summed E-state index contributed by atoms with van der Waals surface area (Å²) in [6.45, 7) is 2.40. The van der Waals surface area contributed by atoms with E-state index in [1.165, 1.54) is 30.5 Å². The fourth-order valence-electron chi connectivity index (χ4n) is 3.00. The summed E-state index contributed by atoms with van der Waals surface area (Å²) in [5.74, 6) is 0.943. The normalized spacial score (nSPS) is 11.1. The number of imidazole rings is 1. The van der Waals surface area contributed by atoms with Crippen molar-refractivity contribution in [1.29, 1.82) is 0 Å². The molecule has 168 valence electrons. The quantitative estimate of drug-likeness (QED) is 0.412. The molecule has 0 spiro atoms. The van der Waals surface area contributed by atoms with Crippen LogP contribution in [0.1, 0.15) is 17.3 Å². The van der Waals surface area contributed by atoms with E-state index in [0.717, 1.165) is 0 Å². The molecule has 2 heterocycles. The molecular weight excluding hydrogens is 442 g/mol. The number of pyridine rings is 1. The van der Waals surface area contributed by atoms with Crippen molar-refractivity contribution in [2.24, 2.45) is 0 Å². The highest BCUT2D eigenvalue weighted by Gasteiger charge is 2.15. The van der Waals surface area contributed by atoms with Crippen LogP contribution in [0.15, 0.2) is 90.5 Å². The van der Waals surface area contributed by atoms with Gasteiger partial charge in [0.1, 0.15) is 17.9 Å². The summed E-state index contributed by atoms with van der Waals surface area (Å²) in [6, 6.07) is 15.8. The van der Waals surface area contributed by atoms with Gasteiger partial charge in [-0.05, 0) is 67.6 Å². The van der Waals surface area contributed by atoms with Crippen molar-refractivity contribution in [3.8, 4) is 11.6 Å². The minimum atomic E-state index is -3.81. The molecule has 0 atom stereocenters. The van der Waals surface area contributed by atoms with Gasteiger partial charge in [0.2, 0.25) is 0 Å². The summed E-state index contributed by atoms with van der Waals surface area (Å²) >= 11 is 0. The summed E-state index contributed by atoms with van der Waals surface area (Å²) in [5.41, 5.74) is 1.23. The van der Waals surface area contributed by atoms with Crippen LogP contribution in [0.25, 0.3) is 5.82 Å². The van der Waals surface area contributed by atoms with Crippen LogP contribution in [-0.4, -0.2) is 35.5 Å². The van der Waals surface area contributed by atoms with Crippen LogP contribution in [0.3, 0.4) is 0 Å². The smallest absolute Gasteiger partial charge is 0.261 e. The third kappa shape index (κ3) is 5.36. The van der Waals surface area contributed by atoms with Crippen molar-refractivity contribution in [2.75, 3.05) is 16.6 Å².